The number of aliphatic hydroxyl groups excluding tert-OH is 1. The minimum Gasteiger partial charge on any atom is -0.494 e. The third-order valence-corrected chi connectivity index (χ3v) is 3.39. The van der Waals surface area contributed by atoms with Crippen molar-refractivity contribution >= 4 is 0 Å². The first-order chi connectivity index (χ1) is 8.85. The maximum atomic E-state index is 9.06. The van der Waals surface area contributed by atoms with Crippen LogP contribution >= 0.6 is 0 Å². The van der Waals surface area contributed by atoms with Crippen molar-refractivity contribution in [2.45, 2.75) is 52.0 Å². The summed E-state index contributed by atoms with van der Waals surface area (Å²) in [6.45, 7) is 9.00. The summed E-state index contributed by atoms with van der Waals surface area (Å²) in [5.41, 5.74) is 8.00. The van der Waals surface area contributed by atoms with Crippen molar-refractivity contribution < 1.29 is 9.84 Å². The fraction of sp³-hybridized carbons (Fsp3) is 0.625. The fourth-order valence-corrected chi connectivity index (χ4v) is 2.13. The van der Waals surface area contributed by atoms with Gasteiger partial charge in [0.15, 0.2) is 0 Å². The van der Waals surface area contributed by atoms with E-state index in [1.165, 1.54) is 11.1 Å². The Morgan fingerprint density at radius 1 is 1.37 bits per heavy atom. The Bertz CT molecular complexity index is 400. The van der Waals surface area contributed by atoms with E-state index in [0.29, 0.717) is 12.5 Å². The zero-order valence-electron chi connectivity index (χ0n) is 12.6. The Morgan fingerprint density at radius 2 is 2.05 bits per heavy atom. The number of aliphatic hydroxyl groups is 1. The number of nitrogens with two attached hydrogens (primary N) is 1. The Balaban J connectivity index is 2.44. The maximum Gasteiger partial charge on any atom is 0.119 e. The topological polar surface area (TPSA) is 55.5 Å². The van der Waals surface area contributed by atoms with Crippen LogP contribution < -0.4 is 10.5 Å². The molecule has 3 nitrogen and oxygen atoms in total. The summed E-state index contributed by atoms with van der Waals surface area (Å²) in [6.07, 6.45) is 1.60. The average molecular weight is 265 g/mol. The minimum absolute atomic E-state index is 0.00912. The van der Waals surface area contributed by atoms with Crippen molar-refractivity contribution in [3.05, 3.63) is 29.3 Å². The molecule has 1 unspecified atom stereocenters. The molecule has 0 bridgehead atoms. The van der Waals surface area contributed by atoms with Crippen LogP contribution in [0.5, 0.6) is 5.75 Å². The van der Waals surface area contributed by atoms with E-state index in [1.54, 1.807) is 0 Å². The monoisotopic (exact) mass is 265 g/mol. The highest BCUT2D eigenvalue weighted by atomic mass is 16.5. The van der Waals surface area contributed by atoms with Gasteiger partial charge in [-0.05, 0) is 55.9 Å². The van der Waals surface area contributed by atoms with Crippen LogP contribution in [0.1, 0.15) is 50.7 Å². The molecule has 1 aromatic rings. The Labute approximate surface area is 116 Å². The summed E-state index contributed by atoms with van der Waals surface area (Å²) >= 11 is 0. The lowest BCUT2D eigenvalue weighted by molar-refractivity contribution is 0.188. The number of ether oxygens (including phenoxy) is 1. The molecule has 1 rings (SSSR count). The molecule has 3 N–H and O–H groups in total. The molecule has 0 amide bonds. The summed E-state index contributed by atoms with van der Waals surface area (Å²) in [7, 11) is 0. The van der Waals surface area contributed by atoms with Gasteiger partial charge in [0, 0.05) is 5.54 Å². The highest BCUT2D eigenvalue weighted by Crippen LogP contribution is 2.23. The van der Waals surface area contributed by atoms with Crippen molar-refractivity contribution in [2.24, 2.45) is 5.73 Å². The lowest BCUT2D eigenvalue weighted by Crippen LogP contribution is -2.40. The maximum absolute atomic E-state index is 9.06. The van der Waals surface area contributed by atoms with Crippen LogP contribution in [0.2, 0.25) is 0 Å². The summed E-state index contributed by atoms with van der Waals surface area (Å²) in [5, 5.41) is 9.06. The molecule has 1 aromatic carbocycles. The first-order valence-corrected chi connectivity index (χ1v) is 6.99. The SMILES string of the molecule is Cc1cc(OCCCC(C)(N)CO)ccc1C(C)C. The number of hydrogen-bond donors (Lipinski definition) is 2. The van der Waals surface area contributed by atoms with Crippen molar-refractivity contribution in [3.8, 4) is 5.75 Å². The zero-order chi connectivity index (χ0) is 14.5. The van der Waals surface area contributed by atoms with Crippen LogP contribution in [0.4, 0.5) is 0 Å². The van der Waals surface area contributed by atoms with E-state index in [1.807, 2.05) is 13.0 Å². The van der Waals surface area contributed by atoms with Gasteiger partial charge in [0.05, 0.1) is 13.2 Å². The van der Waals surface area contributed by atoms with E-state index in [4.69, 9.17) is 15.6 Å². The molecule has 0 saturated carbocycles. The van der Waals surface area contributed by atoms with Crippen molar-refractivity contribution in [1.82, 2.24) is 0 Å². The molecule has 0 aliphatic rings. The Kier molecular flexibility index (Phi) is 5.83. The van der Waals surface area contributed by atoms with E-state index in [2.05, 4.69) is 32.9 Å². The van der Waals surface area contributed by atoms with Gasteiger partial charge >= 0.3 is 0 Å². The smallest absolute Gasteiger partial charge is 0.119 e. The molecule has 1 atom stereocenters. The average Bonchev–Trinajstić information content (AvgIpc) is 2.34. The largest absolute Gasteiger partial charge is 0.494 e. The quantitative estimate of drug-likeness (QED) is 0.745. The molecule has 0 aliphatic heterocycles. The van der Waals surface area contributed by atoms with Crippen LogP contribution in [0.15, 0.2) is 18.2 Å². The molecule has 108 valence electrons. The molecule has 0 aliphatic carbocycles. The van der Waals surface area contributed by atoms with Crippen LogP contribution in [0, 0.1) is 6.92 Å². The number of hydrogen-bond acceptors (Lipinski definition) is 3. The zero-order valence-corrected chi connectivity index (χ0v) is 12.6. The fourth-order valence-electron chi connectivity index (χ4n) is 2.13. The molecule has 0 saturated heterocycles. The van der Waals surface area contributed by atoms with E-state index in [0.717, 1.165) is 18.6 Å². The van der Waals surface area contributed by atoms with Crippen LogP contribution in [-0.2, 0) is 0 Å². The van der Waals surface area contributed by atoms with Crippen molar-refractivity contribution in [1.29, 1.82) is 0 Å². The number of aryl methyl sites for hydroxylation is 1. The van der Waals surface area contributed by atoms with Gasteiger partial charge in [0.2, 0.25) is 0 Å². The molecule has 0 spiro atoms. The van der Waals surface area contributed by atoms with Gasteiger partial charge in [-0.3, -0.25) is 0 Å². The van der Waals surface area contributed by atoms with E-state index in [9.17, 15) is 0 Å². The standard InChI is InChI=1S/C16H27NO2/c1-12(2)15-7-6-14(10-13(15)3)19-9-5-8-16(4,17)11-18/h6-7,10,12,18H,5,8-9,11,17H2,1-4H3. The van der Waals surface area contributed by atoms with Gasteiger partial charge < -0.3 is 15.6 Å². The first-order valence-electron chi connectivity index (χ1n) is 6.99. The summed E-state index contributed by atoms with van der Waals surface area (Å²) < 4.78 is 5.72. The lowest BCUT2D eigenvalue weighted by atomic mass is 9.98. The van der Waals surface area contributed by atoms with Gasteiger partial charge in [-0.25, -0.2) is 0 Å². The summed E-state index contributed by atoms with van der Waals surface area (Å²) in [5.74, 6) is 1.45. The van der Waals surface area contributed by atoms with E-state index >= 15 is 0 Å². The molecule has 19 heavy (non-hydrogen) atoms. The first kappa shape index (κ1) is 16.0. The molecule has 0 heterocycles. The van der Waals surface area contributed by atoms with Gasteiger partial charge in [-0.15, -0.1) is 0 Å². The van der Waals surface area contributed by atoms with Gasteiger partial charge in [-0.2, -0.15) is 0 Å². The number of rotatable bonds is 7. The predicted molar refractivity (Wildman–Crippen MR) is 79.7 cm³/mol. The normalized spacial score (nSPS) is 14.5. The van der Waals surface area contributed by atoms with Crippen molar-refractivity contribution in [3.63, 3.8) is 0 Å². The minimum atomic E-state index is -0.499. The second kappa shape index (κ2) is 6.92. The predicted octanol–water partition coefficient (Wildman–Crippen LogP) is 2.99. The lowest BCUT2D eigenvalue weighted by Gasteiger charge is -2.21. The van der Waals surface area contributed by atoms with Crippen molar-refractivity contribution in [2.75, 3.05) is 13.2 Å². The molecule has 0 radical (unpaired) electrons. The Hall–Kier alpha value is -1.06. The third-order valence-electron chi connectivity index (χ3n) is 3.39. The second-order valence-corrected chi connectivity index (χ2v) is 5.94. The molecular formula is C16H27NO2. The summed E-state index contributed by atoms with van der Waals surface area (Å²) in [4.78, 5) is 0. The summed E-state index contributed by atoms with van der Waals surface area (Å²) in [6, 6.07) is 6.25. The van der Waals surface area contributed by atoms with E-state index in [-0.39, 0.29) is 6.61 Å². The second-order valence-electron chi connectivity index (χ2n) is 5.94. The highest BCUT2D eigenvalue weighted by Gasteiger charge is 2.16. The van der Waals surface area contributed by atoms with Crippen LogP contribution in [-0.4, -0.2) is 23.9 Å². The van der Waals surface area contributed by atoms with Crippen LogP contribution in [0.3, 0.4) is 0 Å². The highest BCUT2D eigenvalue weighted by molar-refractivity contribution is 5.36. The van der Waals surface area contributed by atoms with Gasteiger partial charge in [0.25, 0.3) is 0 Å². The van der Waals surface area contributed by atoms with Gasteiger partial charge in [0.1, 0.15) is 5.75 Å². The molecular weight excluding hydrogens is 238 g/mol. The molecule has 3 heteroatoms. The Morgan fingerprint density at radius 3 is 2.58 bits per heavy atom. The number of benzene rings is 1. The third kappa shape index (κ3) is 5.21. The molecule has 0 aromatic heterocycles. The van der Waals surface area contributed by atoms with E-state index < -0.39 is 5.54 Å². The molecule has 0 fully saturated rings. The van der Waals surface area contributed by atoms with Crippen LogP contribution in [0.25, 0.3) is 0 Å². The van der Waals surface area contributed by atoms with Gasteiger partial charge in [-0.1, -0.05) is 19.9 Å².